The van der Waals surface area contributed by atoms with Crippen LogP contribution in [0.25, 0.3) is 0 Å². The molecule has 5 heteroatoms. The molecule has 4 nitrogen and oxygen atoms in total. The van der Waals surface area contributed by atoms with Crippen molar-refractivity contribution < 1.29 is 8.42 Å². The standard InChI is InChI=1S/C9H22N2O2S/c1-4-6-10-8-9(3)14(12,13)11-7-5-2/h9-11H,4-8H2,1-3H3. The third-order valence-corrected chi connectivity index (χ3v) is 3.77. The van der Waals surface area contributed by atoms with E-state index in [4.69, 9.17) is 0 Å². The van der Waals surface area contributed by atoms with Crippen LogP contribution in [-0.2, 0) is 10.0 Å². The molecule has 0 saturated carbocycles. The van der Waals surface area contributed by atoms with E-state index in [0.717, 1.165) is 19.4 Å². The quantitative estimate of drug-likeness (QED) is 0.595. The van der Waals surface area contributed by atoms with Gasteiger partial charge in [-0.3, -0.25) is 0 Å². The van der Waals surface area contributed by atoms with E-state index in [9.17, 15) is 8.42 Å². The fourth-order valence-corrected chi connectivity index (χ4v) is 2.09. The van der Waals surface area contributed by atoms with E-state index in [2.05, 4.69) is 17.0 Å². The zero-order chi connectivity index (χ0) is 11.0. The van der Waals surface area contributed by atoms with Crippen molar-refractivity contribution >= 4 is 10.0 Å². The molecule has 0 aromatic heterocycles. The van der Waals surface area contributed by atoms with Gasteiger partial charge in [0.25, 0.3) is 0 Å². The molecule has 0 fully saturated rings. The Hall–Kier alpha value is -0.130. The van der Waals surface area contributed by atoms with E-state index in [1.807, 2.05) is 6.92 Å². The van der Waals surface area contributed by atoms with Crippen molar-refractivity contribution in [3.63, 3.8) is 0 Å². The van der Waals surface area contributed by atoms with Crippen LogP contribution in [0.5, 0.6) is 0 Å². The van der Waals surface area contributed by atoms with Gasteiger partial charge in [-0.1, -0.05) is 13.8 Å². The van der Waals surface area contributed by atoms with Gasteiger partial charge in [-0.2, -0.15) is 0 Å². The largest absolute Gasteiger partial charge is 0.315 e. The number of sulfonamides is 1. The molecule has 0 heterocycles. The molecule has 0 aliphatic heterocycles. The summed E-state index contributed by atoms with van der Waals surface area (Å²) in [5, 5.41) is 2.74. The lowest BCUT2D eigenvalue weighted by Gasteiger charge is -2.13. The summed E-state index contributed by atoms with van der Waals surface area (Å²) < 4.78 is 25.6. The molecule has 0 aliphatic rings. The molecule has 0 spiro atoms. The van der Waals surface area contributed by atoms with Crippen LogP contribution in [0.15, 0.2) is 0 Å². The molecule has 1 atom stereocenters. The van der Waals surface area contributed by atoms with E-state index < -0.39 is 10.0 Å². The second-order valence-corrected chi connectivity index (χ2v) is 5.64. The van der Waals surface area contributed by atoms with E-state index in [-0.39, 0.29) is 5.25 Å². The Kier molecular flexibility index (Phi) is 7.13. The van der Waals surface area contributed by atoms with Gasteiger partial charge in [0.15, 0.2) is 0 Å². The van der Waals surface area contributed by atoms with Gasteiger partial charge in [0, 0.05) is 13.1 Å². The molecule has 0 saturated heterocycles. The predicted molar refractivity (Wildman–Crippen MR) is 59.8 cm³/mol. The fraction of sp³-hybridized carbons (Fsp3) is 1.00. The predicted octanol–water partition coefficient (Wildman–Crippen LogP) is 0.704. The smallest absolute Gasteiger partial charge is 0.215 e. The lowest BCUT2D eigenvalue weighted by Crippen LogP contribution is -2.39. The summed E-state index contributed by atoms with van der Waals surface area (Å²) in [7, 11) is -3.12. The average molecular weight is 222 g/mol. The summed E-state index contributed by atoms with van der Waals surface area (Å²) in [5.74, 6) is 0. The summed E-state index contributed by atoms with van der Waals surface area (Å²) >= 11 is 0. The maximum Gasteiger partial charge on any atom is 0.215 e. The average Bonchev–Trinajstić information content (AvgIpc) is 2.15. The lowest BCUT2D eigenvalue weighted by molar-refractivity contribution is 0.556. The van der Waals surface area contributed by atoms with E-state index >= 15 is 0 Å². The first-order chi connectivity index (χ1) is 6.54. The zero-order valence-corrected chi connectivity index (χ0v) is 10.2. The maximum atomic E-state index is 11.5. The van der Waals surface area contributed by atoms with Crippen molar-refractivity contribution in [1.82, 2.24) is 10.0 Å². The summed E-state index contributed by atoms with van der Waals surface area (Å²) in [6, 6.07) is 0. The molecule has 14 heavy (non-hydrogen) atoms. The second-order valence-electron chi connectivity index (χ2n) is 3.45. The first-order valence-electron chi connectivity index (χ1n) is 5.23. The van der Waals surface area contributed by atoms with Crippen molar-refractivity contribution in [2.24, 2.45) is 0 Å². The SMILES string of the molecule is CCCNCC(C)S(=O)(=O)NCCC. The van der Waals surface area contributed by atoms with Crippen molar-refractivity contribution in [2.75, 3.05) is 19.6 Å². The third-order valence-electron chi connectivity index (χ3n) is 1.94. The maximum absolute atomic E-state index is 11.5. The number of rotatable bonds is 8. The van der Waals surface area contributed by atoms with Gasteiger partial charge in [-0.05, 0) is 26.3 Å². The van der Waals surface area contributed by atoms with Crippen molar-refractivity contribution in [3.05, 3.63) is 0 Å². The van der Waals surface area contributed by atoms with Crippen molar-refractivity contribution in [1.29, 1.82) is 0 Å². The molecule has 0 aliphatic carbocycles. The monoisotopic (exact) mass is 222 g/mol. The van der Waals surface area contributed by atoms with Gasteiger partial charge < -0.3 is 5.32 Å². The summed E-state index contributed by atoms with van der Waals surface area (Å²) in [6.07, 6.45) is 1.85. The molecule has 0 aromatic rings. The molecule has 2 N–H and O–H groups in total. The molecular weight excluding hydrogens is 200 g/mol. The Morgan fingerprint density at radius 1 is 1.14 bits per heavy atom. The van der Waals surface area contributed by atoms with E-state index in [1.54, 1.807) is 6.92 Å². The fourth-order valence-electron chi connectivity index (χ4n) is 0.978. The van der Waals surface area contributed by atoms with Crippen molar-refractivity contribution in [3.8, 4) is 0 Å². The summed E-state index contributed by atoms with van der Waals surface area (Å²) in [6.45, 7) is 7.64. The van der Waals surface area contributed by atoms with Gasteiger partial charge in [-0.25, -0.2) is 13.1 Å². The summed E-state index contributed by atoms with van der Waals surface area (Å²) in [4.78, 5) is 0. The Morgan fingerprint density at radius 3 is 2.21 bits per heavy atom. The van der Waals surface area contributed by atoms with Gasteiger partial charge in [0.2, 0.25) is 10.0 Å². The Balaban J connectivity index is 3.89. The molecule has 0 rings (SSSR count). The highest BCUT2D eigenvalue weighted by Gasteiger charge is 2.18. The van der Waals surface area contributed by atoms with Crippen LogP contribution in [0.4, 0.5) is 0 Å². The Morgan fingerprint density at radius 2 is 1.71 bits per heavy atom. The van der Waals surface area contributed by atoms with Crippen LogP contribution in [-0.4, -0.2) is 33.3 Å². The molecule has 0 radical (unpaired) electrons. The van der Waals surface area contributed by atoms with Crippen LogP contribution in [0, 0.1) is 0 Å². The first-order valence-corrected chi connectivity index (χ1v) is 6.78. The molecule has 1 unspecified atom stereocenters. The summed E-state index contributed by atoms with van der Waals surface area (Å²) in [5.41, 5.74) is 0. The Labute approximate surface area is 87.5 Å². The second kappa shape index (κ2) is 7.20. The lowest BCUT2D eigenvalue weighted by atomic mass is 10.4. The number of hydrogen-bond donors (Lipinski definition) is 2. The topological polar surface area (TPSA) is 58.2 Å². The highest BCUT2D eigenvalue weighted by molar-refractivity contribution is 7.90. The van der Waals surface area contributed by atoms with Crippen LogP contribution >= 0.6 is 0 Å². The Bertz CT molecular complexity index is 227. The van der Waals surface area contributed by atoms with Crippen LogP contribution in [0.3, 0.4) is 0 Å². The van der Waals surface area contributed by atoms with Gasteiger partial charge in [0.1, 0.15) is 0 Å². The highest BCUT2D eigenvalue weighted by atomic mass is 32.2. The molecular formula is C9H22N2O2S. The minimum Gasteiger partial charge on any atom is -0.315 e. The van der Waals surface area contributed by atoms with Gasteiger partial charge in [0.05, 0.1) is 5.25 Å². The van der Waals surface area contributed by atoms with Crippen LogP contribution in [0.1, 0.15) is 33.6 Å². The normalized spacial score (nSPS) is 14.2. The third kappa shape index (κ3) is 5.57. The first kappa shape index (κ1) is 13.9. The number of nitrogens with one attached hydrogen (secondary N) is 2. The van der Waals surface area contributed by atoms with Crippen molar-refractivity contribution in [2.45, 2.75) is 38.9 Å². The molecule has 0 bridgehead atoms. The minimum absolute atomic E-state index is 0.361. The highest BCUT2D eigenvalue weighted by Crippen LogP contribution is 1.96. The molecule has 0 amide bonds. The minimum atomic E-state index is -3.12. The van der Waals surface area contributed by atoms with Gasteiger partial charge in [-0.15, -0.1) is 0 Å². The van der Waals surface area contributed by atoms with E-state index in [0.29, 0.717) is 13.1 Å². The molecule has 0 aromatic carbocycles. The zero-order valence-electron chi connectivity index (χ0n) is 9.34. The van der Waals surface area contributed by atoms with Crippen LogP contribution < -0.4 is 10.0 Å². The van der Waals surface area contributed by atoms with Crippen LogP contribution in [0.2, 0.25) is 0 Å². The van der Waals surface area contributed by atoms with E-state index in [1.165, 1.54) is 0 Å². The van der Waals surface area contributed by atoms with Gasteiger partial charge >= 0.3 is 0 Å². The number of hydrogen-bond acceptors (Lipinski definition) is 3. The molecule has 86 valence electrons.